The molecule has 4 fully saturated rings. The third-order valence-electron chi connectivity index (χ3n) is 7.60. The fraction of sp³-hybridized carbons (Fsp3) is 0.682. The lowest BCUT2D eigenvalue weighted by Crippen LogP contribution is -2.52. The molecule has 5 heteroatoms. The van der Waals surface area contributed by atoms with E-state index in [1.54, 1.807) is 0 Å². The summed E-state index contributed by atoms with van der Waals surface area (Å²) >= 11 is 0. The lowest BCUT2D eigenvalue weighted by atomic mass is 9.65. The van der Waals surface area contributed by atoms with Crippen LogP contribution >= 0.6 is 0 Å². The van der Waals surface area contributed by atoms with Crippen molar-refractivity contribution in [2.45, 2.75) is 57.4 Å². The van der Waals surface area contributed by atoms with Gasteiger partial charge in [0, 0.05) is 30.8 Å². The maximum Gasteiger partial charge on any atom is 0.175 e. The van der Waals surface area contributed by atoms with Crippen LogP contribution < -0.4 is 0 Å². The highest BCUT2D eigenvalue weighted by Gasteiger charge is 2.81. The van der Waals surface area contributed by atoms with Gasteiger partial charge in [0.2, 0.25) is 0 Å². The van der Waals surface area contributed by atoms with Gasteiger partial charge in [-0.25, -0.2) is 0 Å². The summed E-state index contributed by atoms with van der Waals surface area (Å²) in [6.07, 6.45) is -0.0275. The minimum absolute atomic E-state index is 0.0187. The van der Waals surface area contributed by atoms with Crippen LogP contribution in [0.3, 0.4) is 0 Å². The van der Waals surface area contributed by atoms with Crippen molar-refractivity contribution in [3.8, 4) is 0 Å². The summed E-state index contributed by atoms with van der Waals surface area (Å²) in [5, 5.41) is 11.4. The molecule has 0 spiro atoms. The Kier molecular flexibility index (Phi) is 3.87. The van der Waals surface area contributed by atoms with Crippen molar-refractivity contribution in [3.05, 3.63) is 35.9 Å². The minimum atomic E-state index is -0.891. The Labute approximate surface area is 160 Å². The van der Waals surface area contributed by atoms with Gasteiger partial charge in [0.05, 0.1) is 18.3 Å². The molecule has 5 rings (SSSR count). The van der Waals surface area contributed by atoms with Crippen LogP contribution in [0.4, 0.5) is 0 Å². The van der Waals surface area contributed by atoms with Crippen LogP contribution in [0.1, 0.15) is 32.8 Å². The topological polar surface area (TPSA) is 65.0 Å². The van der Waals surface area contributed by atoms with E-state index in [2.05, 4.69) is 0 Å². The Bertz CT molecular complexity index is 746. The van der Waals surface area contributed by atoms with Crippen molar-refractivity contribution < 1.29 is 24.1 Å². The van der Waals surface area contributed by atoms with Gasteiger partial charge >= 0.3 is 0 Å². The molecule has 1 aromatic rings. The van der Waals surface area contributed by atoms with Crippen molar-refractivity contribution in [1.82, 2.24) is 0 Å². The van der Waals surface area contributed by atoms with Gasteiger partial charge in [0.15, 0.2) is 11.6 Å². The summed E-state index contributed by atoms with van der Waals surface area (Å²) in [5.74, 6) is -0.980. The number of hydrogen-bond donors (Lipinski definition) is 1. The number of fused-ring (bicyclic) bond motifs is 2. The van der Waals surface area contributed by atoms with Crippen molar-refractivity contribution in [2.75, 3.05) is 6.61 Å². The van der Waals surface area contributed by atoms with Crippen LogP contribution in [0, 0.1) is 29.6 Å². The zero-order valence-corrected chi connectivity index (χ0v) is 16.1. The normalized spacial score (nSPS) is 49.8. The predicted octanol–water partition coefficient (Wildman–Crippen LogP) is 2.56. The summed E-state index contributed by atoms with van der Waals surface area (Å²) in [4.78, 5) is 13.1. The SMILES string of the molecule is CCO[C@@]12C[C@H]3[C@H]4[C@@H](OCc5ccccc5)[C@H](C)C(=O)[C@@H](O1)[C@H]4[C@H]2C3(C)O. The number of ketones is 1. The summed E-state index contributed by atoms with van der Waals surface area (Å²) in [5.41, 5.74) is 0.207. The van der Waals surface area contributed by atoms with Crippen molar-refractivity contribution in [2.24, 2.45) is 29.6 Å². The van der Waals surface area contributed by atoms with Gasteiger partial charge in [0.1, 0.15) is 6.10 Å². The van der Waals surface area contributed by atoms with E-state index in [0.717, 1.165) is 5.56 Å². The van der Waals surface area contributed by atoms with Crippen molar-refractivity contribution >= 4 is 5.78 Å². The fourth-order valence-electron chi connectivity index (χ4n) is 6.71. The second-order valence-electron chi connectivity index (χ2n) is 8.90. The Morgan fingerprint density at radius 2 is 2.00 bits per heavy atom. The van der Waals surface area contributed by atoms with Gasteiger partial charge < -0.3 is 19.3 Å². The van der Waals surface area contributed by atoms with E-state index in [1.807, 2.05) is 51.1 Å². The molecule has 4 aliphatic rings. The van der Waals surface area contributed by atoms with Crippen LogP contribution in [0.5, 0.6) is 0 Å². The summed E-state index contributed by atoms with van der Waals surface area (Å²) in [7, 11) is 0. The molecule has 3 aliphatic carbocycles. The van der Waals surface area contributed by atoms with Crippen LogP contribution in [0.2, 0.25) is 0 Å². The monoisotopic (exact) mass is 372 g/mol. The van der Waals surface area contributed by atoms with Gasteiger partial charge in [-0.2, -0.15) is 0 Å². The number of ether oxygens (including phenoxy) is 3. The number of carbonyl (C=O) groups excluding carboxylic acids is 1. The highest BCUT2D eigenvalue weighted by atomic mass is 16.7. The first-order valence-electron chi connectivity index (χ1n) is 10.1. The maximum atomic E-state index is 13.1. The van der Waals surface area contributed by atoms with E-state index in [4.69, 9.17) is 14.2 Å². The van der Waals surface area contributed by atoms with Crippen LogP contribution in [-0.2, 0) is 25.6 Å². The maximum absolute atomic E-state index is 13.1. The molecule has 1 aromatic carbocycles. The van der Waals surface area contributed by atoms with Gasteiger partial charge in [-0.05, 0) is 31.2 Å². The van der Waals surface area contributed by atoms with Crippen molar-refractivity contribution in [1.29, 1.82) is 0 Å². The molecule has 0 radical (unpaired) electrons. The van der Waals surface area contributed by atoms with E-state index < -0.39 is 17.5 Å². The molecule has 2 bridgehead atoms. The fourth-order valence-corrected chi connectivity index (χ4v) is 6.71. The van der Waals surface area contributed by atoms with Crippen LogP contribution in [-0.4, -0.2) is 41.1 Å². The highest BCUT2D eigenvalue weighted by molar-refractivity contribution is 5.88. The number of benzene rings is 1. The number of aliphatic hydroxyl groups is 1. The quantitative estimate of drug-likeness (QED) is 0.861. The molecule has 1 heterocycles. The van der Waals surface area contributed by atoms with E-state index in [9.17, 15) is 9.90 Å². The third kappa shape index (κ3) is 2.23. The number of hydrogen-bond acceptors (Lipinski definition) is 5. The standard InChI is InChI=1S/C22H28O5/c1-4-26-22-10-14-15-16(20(22)21(14,3)24)19(27-22)17(23)12(2)18(15)25-11-13-8-6-5-7-9-13/h5-9,12,14-16,18-20,24H,4,10-11H2,1-3H3/t12-,14+,15-,16+,18+,19+,20+,21?,22+/m1/s1. The molecular weight excluding hydrogens is 344 g/mol. The molecule has 3 saturated carbocycles. The van der Waals surface area contributed by atoms with E-state index >= 15 is 0 Å². The first-order valence-corrected chi connectivity index (χ1v) is 10.1. The molecular formula is C22H28O5. The van der Waals surface area contributed by atoms with Gasteiger partial charge in [0.25, 0.3) is 0 Å². The Hall–Kier alpha value is -1.27. The van der Waals surface area contributed by atoms with Crippen molar-refractivity contribution in [3.63, 3.8) is 0 Å². The summed E-state index contributed by atoms with van der Waals surface area (Å²) in [6, 6.07) is 10.0. The number of rotatable bonds is 5. The van der Waals surface area contributed by atoms with Crippen LogP contribution in [0.15, 0.2) is 30.3 Å². The van der Waals surface area contributed by atoms with E-state index in [1.165, 1.54) is 0 Å². The Morgan fingerprint density at radius 3 is 2.70 bits per heavy atom. The average molecular weight is 372 g/mol. The summed E-state index contributed by atoms with van der Waals surface area (Å²) in [6.45, 7) is 6.78. The first kappa shape index (κ1) is 17.8. The van der Waals surface area contributed by atoms with Crippen LogP contribution in [0.25, 0.3) is 0 Å². The molecule has 1 unspecified atom stereocenters. The number of carbonyl (C=O) groups is 1. The molecule has 27 heavy (non-hydrogen) atoms. The lowest BCUT2D eigenvalue weighted by molar-refractivity contribution is -0.240. The molecule has 146 valence electrons. The average Bonchev–Trinajstić information content (AvgIpc) is 3.14. The largest absolute Gasteiger partial charge is 0.389 e. The summed E-state index contributed by atoms with van der Waals surface area (Å²) < 4.78 is 18.7. The zero-order chi connectivity index (χ0) is 19.0. The van der Waals surface area contributed by atoms with E-state index in [0.29, 0.717) is 19.6 Å². The number of Topliss-reactive ketones (excluding diaryl/α,β-unsaturated/α-hetero) is 1. The second-order valence-corrected chi connectivity index (χ2v) is 8.90. The highest BCUT2D eigenvalue weighted by Crippen LogP contribution is 2.71. The molecule has 1 saturated heterocycles. The zero-order valence-electron chi connectivity index (χ0n) is 16.1. The Balaban J connectivity index is 1.48. The molecule has 1 aliphatic heterocycles. The predicted molar refractivity (Wildman–Crippen MR) is 97.6 cm³/mol. The molecule has 5 nitrogen and oxygen atoms in total. The Morgan fingerprint density at radius 1 is 1.26 bits per heavy atom. The minimum Gasteiger partial charge on any atom is -0.389 e. The molecule has 0 aromatic heterocycles. The van der Waals surface area contributed by atoms with E-state index in [-0.39, 0.29) is 41.5 Å². The van der Waals surface area contributed by atoms with Gasteiger partial charge in [-0.3, -0.25) is 4.79 Å². The lowest BCUT2D eigenvalue weighted by Gasteiger charge is -2.42. The molecule has 9 atom stereocenters. The second kappa shape index (κ2) is 5.86. The smallest absolute Gasteiger partial charge is 0.175 e. The third-order valence-corrected chi connectivity index (χ3v) is 7.60. The van der Waals surface area contributed by atoms with Gasteiger partial charge in [-0.15, -0.1) is 0 Å². The van der Waals surface area contributed by atoms with Gasteiger partial charge in [-0.1, -0.05) is 37.3 Å². The molecule has 1 N–H and O–H groups in total. The first-order chi connectivity index (χ1) is 12.9. The molecule has 0 amide bonds.